The lowest BCUT2D eigenvalue weighted by Gasteiger charge is -2.36. The van der Waals surface area contributed by atoms with Crippen LogP contribution in [-0.2, 0) is 11.2 Å². The van der Waals surface area contributed by atoms with Crippen LogP contribution in [0, 0.1) is 13.8 Å². The third-order valence-electron chi connectivity index (χ3n) is 6.96. The molecule has 0 aromatic heterocycles. The maximum atomic E-state index is 12.9. The molecule has 5 rings (SSSR count). The first-order chi connectivity index (χ1) is 18.0. The monoisotopic (exact) mass is 492 g/mol. The van der Waals surface area contributed by atoms with Crippen molar-refractivity contribution in [2.24, 2.45) is 0 Å². The summed E-state index contributed by atoms with van der Waals surface area (Å²) in [5.41, 5.74) is 6.08. The molecule has 188 valence electrons. The van der Waals surface area contributed by atoms with Crippen LogP contribution in [0.5, 0.6) is 0 Å². The first kappa shape index (κ1) is 24.4. The van der Waals surface area contributed by atoms with Gasteiger partial charge >= 0.3 is 6.03 Å². The quantitative estimate of drug-likeness (QED) is 0.360. The Kier molecular flexibility index (Phi) is 7.08. The second-order valence-electron chi connectivity index (χ2n) is 9.63. The SMILES string of the molecule is Cc1ccc(CC(=O)Nc2ccc(N3CCN(C(=O)Nc4cccc5ccccc45)CC3)cc2)c(C)c1. The molecule has 0 radical (unpaired) electrons. The molecular weight excluding hydrogens is 460 g/mol. The highest BCUT2D eigenvalue weighted by molar-refractivity contribution is 6.01. The topological polar surface area (TPSA) is 64.7 Å². The Bertz CT molecular complexity index is 1420. The van der Waals surface area contributed by atoms with E-state index in [2.05, 4.69) is 28.5 Å². The van der Waals surface area contributed by atoms with Crippen molar-refractivity contribution in [2.45, 2.75) is 20.3 Å². The van der Waals surface area contributed by atoms with Gasteiger partial charge in [-0.3, -0.25) is 4.79 Å². The van der Waals surface area contributed by atoms with Gasteiger partial charge < -0.3 is 20.4 Å². The summed E-state index contributed by atoms with van der Waals surface area (Å²) in [5.74, 6) is -0.0227. The van der Waals surface area contributed by atoms with Gasteiger partial charge in [-0.25, -0.2) is 4.79 Å². The molecule has 0 bridgehead atoms. The van der Waals surface area contributed by atoms with E-state index in [1.54, 1.807) is 0 Å². The van der Waals surface area contributed by atoms with E-state index in [0.717, 1.165) is 52.1 Å². The number of urea groups is 1. The standard InChI is InChI=1S/C31H32N4O2/c1-22-10-11-25(23(2)20-22)21-30(36)32-26-12-14-27(15-13-26)34-16-18-35(19-17-34)31(37)33-29-9-5-7-24-6-3-4-8-28(24)29/h3-15,20H,16-19,21H2,1-2H3,(H,32,36)(H,33,37). The number of anilines is 3. The number of benzene rings is 4. The molecule has 6 heteroatoms. The average Bonchev–Trinajstić information content (AvgIpc) is 2.91. The lowest BCUT2D eigenvalue weighted by molar-refractivity contribution is -0.115. The Labute approximate surface area is 217 Å². The summed E-state index contributed by atoms with van der Waals surface area (Å²) in [4.78, 5) is 29.6. The van der Waals surface area contributed by atoms with Gasteiger partial charge in [0, 0.05) is 42.9 Å². The summed E-state index contributed by atoms with van der Waals surface area (Å²) in [6.45, 7) is 6.88. The van der Waals surface area contributed by atoms with Gasteiger partial charge in [0.2, 0.25) is 5.91 Å². The predicted octanol–water partition coefficient (Wildman–Crippen LogP) is 5.99. The largest absolute Gasteiger partial charge is 0.368 e. The van der Waals surface area contributed by atoms with Crippen LogP contribution >= 0.6 is 0 Å². The molecule has 1 fully saturated rings. The molecule has 0 aliphatic carbocycles. The van der Waals surface area contributed by atoms with E-state index in [4.69, 9.17) is 0 Å². The number of rotatable bonds is 5. The van der Waals surface area contributed by atoms with Gasteiger partial charge in [-0.1, -0.05) is 60.2 Å². The van der Waals surface area contributed by atoms with Crippen LogP contribution in [0.1, 0.15) is 16.7 Å². The molecule has 0 atom stereocenters. The Balaban J connectivity index is 1.13. The van der Waals surface area contributed by atoms with E-state index in [1.165, 1.54) is 5.56 Å². The molecule has 3 amide bonds. The fourth-order valence-corrected chi connectivity index (χ4v) is 4.87. The molecule has 1 aliphatic heterocycles. The summed E-state index contributed by atoms with van der Waals surface area (Å²) < 4.78 is 0. The highest BCUT2D eigenvalue weighted by Gasteiger charge is 2.22. The molecule has 0 saturated carbocycles. The number of nitrogens with one attached hydrogen (secondary N) is 2. The maximum Gasteiger partial charge on any atom is 0.321 e. The molecule has 4 aromatic carbocycles. The van der Waals surface area contributed by atoms with Gasteiger partial charge in [0.25, 0.3) is 0 Å². The van der Waals surface area contributed by atoms with Gasteiger partial charge in [-0.15, -0.1) is 0 Å². The number of hydrogen-bond donors (Lipinski definition) is 2. The summed E-state index contributed by atoms with van der Waals surface area (Å²) in [7, 11) is 0. The third kappa shape index (κ3) is 5.75. The molecule has 0 unspecified atom stereocenters. The number of hydrogen-bond acceptors (Lipinski definition) is 3. The number of nitrogens with zero attached hydrogens (tertiary/aromatic N) is 2. The van der Waals surface area contributed by atoms with Crippen molar-refractivity contribution >= 4 is 39.8 Å². The number of fused-ring (bicyclic) bond motifs is 1. The van der Waals surface area contributed by atoms with Crippen molar-refractivity contribution in [3.05, 3.63) is 102 Å². The number of aryl methyl sites for hydroxylation is 2. The first-order valence-electron chi connectivity index (χ1n) is 12.7. The number of carbonyl (C=O) groups excluding carboxylic acids is 2. The van der Waals surface area contributed by atoms with E-state index < -0.39 is 0 Å². The molecule has 37 heavy (non-hydrogen) atoms. The average molecular weight is 493 g/mol. The number of piperazine rings is 1. The number of amides is 3. The van der Waals surface area contributed by atoms with Gasteiger partial charge in [0.15, 0.2) is 0 Å². The lowest BCUT2D eigenvalue weighted by atomic mass is 10.0. The van der Waals surface area contributed by atoms with Gasteiger partial charge in [-0.2, -0.15) is 0 Å². The molecule has 1 aliphatic rings. The second kappa shape index (κ2) is 10.7. The van der Waals surface area contributed by atoms with Crippen LogP contribution < -0.4 is 15.5 Å². The lowest BCUT2D eigenvalue weighted by Crippen LogP contribution is -2.50. The smallest absolute Gasteiger partial charge is 0.321 e. The Morgan fingerprint density at radius 1 is 0.784 bits per heavy atom. The van der Waals surface area contributed by atoms with Crippen LogP contribution in [0.2, 0.25) is 0 Å². The van der Waals surface area contributed by atoms with Crippen molar-refractivity contribution < 1.29 is 9.59 Å². The Morgan fingerprint density at radius 2 is 1.51 bits per heavy atom. The van der Waals surface area contributed by atoms with Crippen LogP contribution in [0.25, 0.3) is 10.8 Å². The van der Waals surface area contributed by atoms with E-state index in [9.17, 15) is 9.59 Å². The van der Waals surface area contributed by atoms with Crippen molar-refractivity contribution in [1.82, 2.24) is 4.90 Å². The number of carbonyl (C=O) groups is 2. The fourth-order valence-electron chi connectivity index (χ4n) is 4.87. The summed E-state index contributed by atoms with van der Waals surface area (Å²) in [5, 5.41) is 8.23. The van der Waals surface area contributed by atoms with Gasteiger partial charge in [0.1, 0.15) is 0 Å². The summed E-state index contributed by atoms with van der Waals surface area (Å²) in [6.07, 6.45) is 0.358. The van der Waals surface area contributed by atoms with Crippen LogP contribution in [-0.4, -0.2) is 43.0 Å². The van der Waals surface area contributed by atoms with E-state index in [0.29, 0.717) is 19.5 Å². The molecule has 6 nitrogen and oxygen atoms in total. The van der Waals surface area contributed by atoms with Gasteiger partial charge in [0.05, 0.1) is 12.1 Å². The zero-order valence-corrected chi connectivity index (χ0v) is 21.3. The molecule has 1 heterocycles. The minimum absolute atomic E-state index is 0.0227. The highest BCUT2D eigenvalue weighted by atomic mass is 16.2. The molecule has 1 saturated heterocycles. The molecule has 4 aromatic rings. The van der Waals surface area contributed by atoms with Crippen molar-refractivity contribution in [2.75, 3.05) is 41.7 Å². The molecular formula is C31H32N4O2. The second-order valence-corrected chi connectivity index (χ2v) is 9.63. The van der Waals surface area contributed by atoms with E-state index in [1.807, 2.05) is 90.7 Å². The normalized spacial score (nSPS) is 13.5. The van der Waals surface area contributed by atoms with E-state index >= 15 is 0 Å². The van der Waals surface area contributed by atoms with Crippen molar-refractivity contribution in [3.8, 4) is 0 Å². The van der Waals surface area contributed by atoms with Crippen molar-refractivity contribution in [1.29, 1.82) is 0 Å². The Morgan fingerprint density at radius 3 is 2.27 bits per heavy atom. The van der Waals surface area contributed by atoms with E-state index in [-0.39, 0.29) is 11.9 Å². The fraction of sp³-hybridized carbons (Fsp3) is 0.226. The Hall–Kier alpha value is -4.32. The van der Waals surface area contributed by atoms with Gasteiger partial charge in [-0.05, 0) is 60.7 Å². The van der Waals surface area contributed by atoms with Crippen LogP contribution in [0.15, 0.2) is 84.9 Å². The predicted molar refractivity (Wildman–Crippen MR) is 151 cm³/mol. The zero-order valence-electron chi connectivity index (χ0n) is 21.3. The van der Waals surface area contributed by atoms with Crippen LogP contribution in [0.4, 0.5) is 21.9 Å². The summed E-state index contributed by atoms with van der Waals surface area (Å²) in [6, 6.07) is 28.0. The first-order valence-corrected chi connectivity index (χ1v) is 12.7. The zero-order chi connectivity index (χ0) is 25.8. The van der Waals surface area contributed by atoms with Crippen LogP contribution in [0.3, 0.4) is 0 Å². The third-order valence-corrected chi connectivity index (χ3v) is 6.96. The maximum absolute atomic E-state index is 12.9. The molecule has 0 spiro atoms. The minimum Gasteiger partial charge on any atom is -0.368 e. The molecule has 2 N–H and O–H groups in total. The summed E-state index contributed by atoms with van der Waals surface area (Å²) >= 11 is 0. The highest BCUT2D eigenvalue weighted by Crippen LogP contribution is 2.24. The minimum atomic E-state index is -0.0714. The van der Waals surface area contributed by atoms with Crippen molar-refractivity contribution in [3.63, 3.8) is 0 Å².